The summed E-state index contributed by atoms with van der Waals surface area (Å²) >= 11 is 6.02. The van der Waals surface area contributed by atoms with E-state index in [0.29, 0.717) is 10.7 Å². The lowest BCUT2D eigenvalue weighted by molar-refractivity contribution is 0.0935. The van der Waals surface area contributed by atoms with E-state index in [4.69, 9.17) is 16.3 Å². The number of hydrogen-bond acceptors (Lipinski definition) is 5. The van der Waals surface area contributed by atoms with Gasteiger partial charge >= 0.3 is 0 Å². The molecule has 0 aliphatic carbocycles. The molecule has 0 spiro atoms. The highest BCUT2D eigenvalue weighted by molar-refractivity contribution is 6.30. The van der Waals surface area contributed by atoms with Crippen molar-refractivity contribution in [2.45, 2.75) is 13.0 Å². The molecular weight excluding hydrogens is 414 g/mol. The van der Waals surface area contributed by atoms with E-state index in [1.807, 2.05) is 49.4 Å². The first kappa shape index (κ1) is 20.6. The molecule has 0 saturated heterocycles. The quantitative estimate of drug-likeness (QED) is 0.484. The summed E-state index contributed by atoms with van der Waals surface area (Å²) in [5.74, 6) is 0.425. The molecule has 2 aromatic carbocycles. The lowest BCUT2D eigenvalue weighted by Crippen LogP contribution is -2.27. The molecule has 1 N–H and O–H groups in total. The van der Waals surface area contributed by atoms with Crippen molar-refractivity contribution in [1.82, 2.24) is 25.3 Å². The molecule has 1 unspecified atom stereocenters. The molecule has 31 heavy (non-hydrogen) atoms. The largest absolute Gasteiger partial charge is 0.497 e. The molecule has 0 radical (unpaired) electrons. The second kappa shape index (κ2) is 8.97. The van der Waals surface area contributed by atoms with Gasteiger partial charge in [0.1, 0.15) is 11.4 Å². The second-order valence-electron chi connectivity index (χ2n) is 6.88. The Labute approximate surface area is 184 Å². The van der Waals surface area contributed by atoms with Crippen LogP contribution in [0.2, 0.25) is 5.02 Å². The monoisotopic (exact) mass is 433 g/mol. The van der Waals surface area contributed by atoms with E-state index in [1.165, 1.54) is 0 Å². The van der Waals surface area contributed by atoms with Crippen LogP contribution in [0.4, 0.5) is 0 Å². The first-order chi connectivity index (χ1) is 15.1. The summed E-state index contributed by atoms with van der Waals surface area (Å²) in [5, 5.41) is 12.0. The van der Waals surface area contributed by atoms with E-state index >= 15 is 0 Å². The van der Waals surface area contributed by atoms with Gasteiger partial charge in [-0.3, -0.25) is 9.78 Å². The molecule has 0 saturated carbocycles. The van der Waals surface area contributed by atoms with Gasteiger partial charge in [-0.05, 0) is 61.0 Å². The molecule has 7 nitrogen and oxygen atoms in total. The van der Waals surface area contributed by atoms with E-state index in [-0.39, 0.29) is 17.6 Å². The number of rotatable bonds is 6. The van der Waals surface area contributed by atoms with Gasteiger partial charge in [0.05, 0.1) is 18.8 Å². The summed E-state index contributed by atoms with van der Waals surface area (Å²) in [5.41, 5.74) is 3.17. The molecule has 156 valence electrons. The lowest BCUT2D eigenvalue weighted by atomic mass is 10.1. The number of ether oxygens (including phenoxy) is 1. The molecule has 2 heterocycles. The summed E-state index contributed by atoms with van der Waals surface area (Å²) in [4.78, 5) is 17.3. The standard InChI is InChI=1S/C23H20ClN5O2/c1-15(16-5-11-20(31-2)12-6-16)26-23(30)21-22(17-4-3-13-25-14-17)29(28-27-21)19-9-7-18(24)8-10-19/h3-15H,1-2H3,(H,26,30). The number of carbonyl (C=O) groups excluding carboxylic acids is 1. The molecule has 0 bridgehead atoms. The van der Waals surface area contributed by atoms with Gasteiger partial charge in [-0.25, -0.2) is 4.68 Å². The Bertz CT molecular complexity index is 1180. The maximum Gasteiger partial charge on any atom is 0.274 e. The Hall–Kier alpha value is -3.71. The molecule has 0 fully saturated rings. The molecule has 0 aliphatic heterocycles. The third-order valence-corrected chi connectivity index (χ3v) is 5.11. The zero-order valence-electron chi connectivity index (χ0n) is 17.0. The van der Waals surface area contributed by atoms with Gasteiger partial charge in [0.25, 0.3) is 5.91 Å². The fraction of sp³-hybridized carbons (Fsp3) is 0.130. The summed E-state index contributed by atoms with van der Waals surface area (Å²) in [6.07, 6.45) is 3.35. The van der Waals surface area contributed by atoms with Crippen molar-refractivity contribution in [2.24, 2.45) is 0 Å². The minimum atomic E-state index is -0.331. The number of nitrogens with one attached hydrogen (secondary N) is 1. The van der Waals surface area contributed by atoms with Crippen molar-refractivity contribution >= 4 is 17.5 Å². The van der Waals surface area contributed by atoms with Crippen molar-refractivity contribution in [3.8, 4) is 22.7 Å². The maximum atomic E-state index is 13.2. The smallest absolute Gasteiger partial charge is 0.274 e. The number of pyridine rings is 1. The van der Waals surface area contributed by atoms with Gasteiger partial charge in [0, 0.05) is 23.0 Å². The summed E-state index contributed by atoms with van der Waals surface area (Å²) < 4.78 is 6.81. The van der Waals surface area contributed by atoms with Crippen LogP contribution >= 0.6 is 11.6 Å². The third-order valence-electron chi connectivity index (χ3n) is 4.85. The second-order valence-corrected chi connectivity index (χ2v) is 7.32. The van der Waals surface area contributed by atoms with Gasteiger partial charge in [-0.2, -0.15) is 0 Å². The minimum Gasteiger partial charge on any atom is -0.497 e. The van der Waals surface area contributed by atoms with Crippen LogP contribution in [0, 0.1) is 0 Å². The first-order valence-electron chi connectivity index (χ1n) is 9.63. The summed E-state index contributed by atoms with van der Waals surface area (Å²) in [6.45, 7) is 1.91. The zero-order valence-corrected chi connectivity index (χ0v) is 17.7. The van der Waals surface area contributed by atoms with Crippen LogP contribution in [0.5, 0.6) is 5.75 Å². The number of nitrogens with zero attached hydrogens (tertiary/aromatic N) is 4. The van der Waals surface area contributed by atoms with Crippen molar-refractivity contribution in [1.29, 1.82) is 0 Å². The predicted octanol–water partition coefficient (Wildman–Crippen LogP) is 4.48. The van der Waals surface area contributed by atoms with Crippen LogP contribution in [0.3, 0.4) is 0 Å². The topological polar surface area (TPSA) is 81.9 Å². The number of benzene rings is 2. The summed E-state index contributed by atoms with van der Waals surface area (Å²) in [7, 11) is 1.62. The molecule has 2 aromatic heterocycles. The molecular formula is C23H20ClN5O2. The molecule has 4 aromatic rings. The van der Waals surface area contributed by atoms with Crippen molar-refractivity contribution < 1.29 is 9.53 Å². The summed E-state index contributed by atoms with van der Waals surface area (Å²) in [6, 6.07) is 18.1. The highest BCUT2D eigenvalue weighted by Crippen LogP contribution is 2.26. The van der Waals surface area contributed by atoms with E-state index in [2.05, 4.69) is 20.6 Å². The minimum absolute atomic E-state index is 0.211. The Kier molecular flexibility index (Phi) is 5.95. The van der Waals surface area contributed by atoms with Crippen molar-refractivity contribution in [2.75, 3.05) is 7.11 Å². The Balaban J connectivity index is 1.68. The highest BCUT2D eigenvalue weighted by atomic mass is 35.5. The van der Waals surface area contributed by atoms with E-state index in [9.17, 15) is 4.79 Å². The number of halogens is 1. The SMILES string of the molecule is COc1ccc(C(C)NC(=O)c2nnn(-c3ccc(Cl)cc3)c2-c2cccnc2)cc1. The fourth-order valence-electron chi connectivity index (χ4n) is 3.20. The van der Waals surface area contributed by atoms with Gasteiger partial charge in [0.15, 0.2) is 5.69 Å². The average Bonchev–Trinajstić information content (AvgIpc) is 3.25. The zero-order chi connectivity index (χ0) is 21.8. The average molecular weight is 434 g/mol. The van der Waals surface area contributed by atoms with Crippen LogP contribution in [0.25, 0.3) is 16.9 Å². The van der Waals surface area contributed by atoms with E-state index in [0.717, 1.165) is 22.6 Å². The number of aromatic nitrogens is 4. The molecule has 0 aliphatic rings. The Morgan fingerprint density at radius 2 is 1.84 bits per heavy atom. The van der Waals surface area contributed by atoms with Crippen molar-refractivity contribution in [3.05, 3.63) is 89.3 Å². The predicted molar refractivity (Wildman–Crippen MR) is 118 cm³/mol. The fourth-order valence-corrected chi connectivity index (χ4v) is 3.33. The normalized spacial score (nSPS) is 11.7. The Morgan fingerprint density at radius 3 is 2.48 bits per heavy atom. The number of carbonyl (C=O) groups is 1. The van der Waals surface area contributed by atoms with E-state index in [1.54, 1.807) is 42.4 Å². The lowest BCUT2D eigenvalue weighted by Gasteiger charge is -2.15. The molecule has 1 amide bonds. The maximum absolute atomic E-state index is 13.2. The number of hydrogen-bond donors (Lipinski definition) is 1. The van der Waals surface area contributed by atoms with Crippen LogP contribution in [0.1, 0.15) is 29.0 Å². The van der Waals surface area contributed by atoms with Crippen LogP contribution < -0.4 is 10.1 Å². The Morgan fingerprint density at radius 1 is 1.10 bits per heavy atom. The van der Waals surface area contributed by atoms with Gasteiger partial charge in [0.2, 0.25) is 0 Å². The van der Waals surface area contributed by atoms with Gasteiger partial charge in [-0.15, -0.1) is 5.10 Å². The molecule has 4 rings (SSSR count). The molecule has 1 atom stereocenters. The van der Waals surface area contributed by atoms with Crippen molar-refractivity contribution in [3.63, 3.8) is 0 Å². The van der Waals surface area contributed by atoms with Gasteiger partial charge in [-0.1, -0.05) is 28.9 Å². The first-order valence-corrected chi connectivity index (χ1v) is 10.0. The number of amides is 1. The third kappa shape index (κ3) is 4.41. The highest BCUT2D eigenvalue weighted by Gasteiger charge is 2.23. The molecule has 8 heteroatoms. The van der Waals surface area contributed by atoms with Crippen LogP contribution in [-0.2, 0) is 0 Å². The number of methoxy groups -OCH3 is 1. The van der Waals surface area contributed by atoms with E-state index < -0.39 is 0 Å². The van der Waals surface area contributed by atoms with Gasteiger partial charge < -0.3 is 10.1 Å². The van der Waals surface area contributed by atoms with Crippen LogP contribution in [0.15, 0.2) is 73.1 Å². The van der Waals surface area contributed by atoms with Crippen LogP contribution in [-0.4, -0.2) is 33.0 Å².